The first kappa shape index (κ1) is 17.9. The second kappa shape index (κ2) is 8.45. The molecule has 0 aromatic heterocycles. The summed E-state index contributed by atoms with van der Waals surface area (Å²) in [6.45, 7) is 0.427. The first-order valence-corrected chi connectivity index (χ1v) is 7.80. The molecule has 2 aromatic rings. The lowest BCUT2D eigenvalue weighted by Gasteiger charge is -2.15. The molecule has 2 rings (SSSR count). The van der Waals surface area contributed by atoms with Gasteiger partial charge in [0.05, 0.1) is 31.9 Å². The molecule has 0 saturated carbocycles. The number of rotatable bonds is 7. The zero-order chi connectivity index (χ0) is 17.5. The van der Waals surface area contributed by atoms with E-state index in [2.05, 4.69) is 5.32 Å². The second-order valence-electron chi connectivity index (χ2n) is 5.01. The first-order valence-electron chi connectivity index (χ1n) is 7.42. The largest absolute Gasteiger partial charge is 0.497 e. The van der Waals surface area contributed by atoms with Crippen molar-refractivity contribution >= 4 is 17.5 Å². The molecular formula is C18H20ClNO4. The van der Waals surface area contributed by atoms with E-state index in [9.17, 15) is 4.79 Å². The third kappa shape index (κ3) is 4.11. The molecule has 0 aliphatic heterocycles. The van der Waals surface area contributed by atoms with Crippen LogP contribution in [-0.2, 0) is 6.42 Å². The zero-order valence-corrected chi connectivity index (χ0v) is 14.6. The van der Waals surface area contributed by atoms with Gasteiger partial charge in [0, 0.05) is 18.2 Å². The summed E-state index contributed by atoms with van der Waals surface area (Å²) < 4.78 is 16.0. The summed E-state index contributed by atoms with van der Waals surface area (Å²) in [5, 5.41) is 3.28. The summed E-state index contributed by atoms with van der Waals surface area (Å²) in [5.41, 5.74) is 1.34. The average Bonchev–Trinajstić information content (AvgIpc) is 2.61. The van der Waals surface area contributed by atoms with Crippen LogP contribution in [0, 0.1) is 0 Å². The normalized spacial score (nSPS) is 10.2. The number of ether oxygens (including phenoxy) is 3. The van der Waals surface area contributed by atoms with Crippen LogP contribution < -0.4 is 19.5 Å². The highest BCUT2D eigenvalue weighted by molar-refractivity contribution is 6.33. The Hall–Kier alpha value is -2.40. The van der Waals surface area contributed by atoms with Gasteiger partial charge in [0.25, 0.3) is 5.91 Å². The summed E-state index contributed by atoms with van der Waals surface area (Å²) in [4.78, 5) is 12.2. The van der Waals surface area contributed by atoms with Crippen LogP contribution in [0.2, 0.25) is 5.02 Å². The molecule has 24 heavy (non-hydrogen) atoms. The lowest BCUT2D eigenvalue weighted by molar-refractivity contribution is 0.0954. The van der Waals surface area contributed by atoms with Crippen LogP contribution in [0.3, 0.4) is 0 Å². The van der Waals surface area contributed by atoms with Gasteiger partial charge in [-0.05, 0) is 24.6 Å². The number of hydrogen-bond donors (Lipinski definition) is 1. The molecule has 0 aliphatic rings. The summed E-state index contributed by atoms with van der Waals surface area (Å²) in [6.07, 6.45) is 0.562. The number of carbonyl (C=O) groups is 1. The smallest absolute Gasteiger partial charge is 0.252 e. The Morgan fingerprint density at radius 1 is 1.08 bits per heavy atom. The van der Waals surface area contributed by atoms with Crippen molar-refractivity contribution in [1.82, 2.24) is 5.32 Å². The maximum absolute atomic E-state index is 12.2. The van der Waals surface area contributed by atoms with E-state index >= 15 is 0 Å². The van der Waals surface area contributed by atoms with Gasteiger partial charge >= 0.3 is 0 Å². The van der Waals surface area contributed by atoms with E-state index in [-0.39, 0.29) is 5.91 Å². The highest BCUT2D eigenvalue weighted by Gasteiger charge is 2.14. The van der Waals surface area contributed by atoms with Gasteiger partial charge in [-0.1, -0.05) is 23.7 Å². The van der Waals surface area contributed by atoms with Gasteiger partial charge < -0.3 is 19.5 Å². The average molecular weight is 350 g/mol. The Bertz CT molecular complexity index is 718. The fraction of sp³-hybridized carbons (Fsp3) is 0.278. The number of amides is 1. The van der Waals surface area contributed by atoms with Gasteiger partial charge in [0.15, 0.2) is 11.5 Å². The Labute approximate surface area is 146 Å². The van der Waals surface area contributed by atoms with Crippen molar-refractivity contribution in [3.63, 3.8) is 0 Å². The highest BCUT2D eigenvalue weighted by atomic mass is 35.5. The fourth-order valence-corrected chi connectivity index (χ4v) is 2.59. The van der Waals surface area contributed by atoms with Crippen molar-refractivity contribution in [2.45, 2.75) is 6.42 Å². The standard InChI is InChI=1S/C18H20ClNO4/c1-22-13-10-12(17(24-3)16(11-13)23-2)8-9-20-18(21)14-6-4-5-7-15(14)19/h4-7,10-11H,8-9H2,1-3H3,(H,20,21). The lowest BCUT2D eigenvalue weighted by atomic mass is 10.1. The van der Waals surface area contributed by atoms with Crippen molar-refractivity contribution in [2.75, 3.05) is 27.9 Å². The minimum atomic E-state index is -0.213. The number of methoxy groups -OCH3 is 3. The molecule has 0 aliphatic carbocycles. The van der Waals surface area contributed by atoms with E-state index in [1.807, 2.05) is 6.07 Å². The third-order valence-corrected chi connectivity index (χ3v) is 3.89. The van der Waals surface area contributed by atoms with Crippen LogP contribution in [0.15, 0.2) is 36.4 Å². The van der Waals surface area contributed by atoms with Crippen LogP contribution in [-0.4, -0.2) is 33.8 Å². The van der Waals surface area contributed by atoms with Crippen LogP contribution in [0.1, 0.15) is 15.9 Å². The number of carbonyl (C=O) groups excluding carboxylic acids is 1. The highest BCUT2D eigenvalue weighted by Crippen LogP contribution is 2.35. The monoisotopic (exact) mass is 349 g/mol. The Morgan fingerprint density at radius 2 is 1.83 bits per heavy atom. The fourth-order valence-electron chi connectivity index (χ4n) is 2.37. The van der Waals surface area contributed by atoms with E-state index in [1.54, 1.807) is 51.7 Å². The van der Waals surface area contributed by atoms with Crippen LogP contribution >= 0.6 is 11.6 Å². The molecule has 0 radical (unpaired) electrons. The van der Waals surface area contributed by atoms with Gasteiger partial charge in [-0.15, -0.1) is 0 Å². The first-order chi connectivity index (χ1) is 11.6. The number of halogens is 1. The predicted octanol–water partition coefficient (Wildman–Crippen LogP) is 3.34. The van der Waals surface area contributed by atoms with Gasteiger partial charge in [0.1, 0.15) is 5.75 Å². The molecule has 0 fully saturated rings. The van der Waals surface area contributed by atoms with Crippen molar-refractivity contribution in [3.8, 4) is 17.2 Å². The van der Waals surface area contributed by atoms with Gasteiger partial charge in [-0.2, -0.15) is 0 Å². The maximum Gasteiger partial charge on any atom is 0.252 e. The molecular weight excluding hydrogens is 330 g/mol. The van der Waals surface area contributed by atoms with Gasteiger partial charge in [-0.25, -0.2) is 0 Å². The van der Waals surface area contributed by atoms with Crippen LogP contribution in [0.25, 0.3) is 0 Å². The summed E-state index contributed by atoms with van der Waals surface area (Å²) in [7, 11) is 4.74. The Morgan fingerprint density at radius 3 is 2.46 bits per heavy atom. The number of benzene rings is 2. The van der Waals surface area contributed by atoms with Crippen LogP contribution in [0.4, 0.5) is 0 Å². The molecule has 0 saturated heterocycles. The Balaban J connectivity index is 2.09. The molecule has 1 amide bonds. The van der Waals surface area contributed by atoms with E-state index < -0.39 is 0 Å². The predicted molar refractivity (Wildman–Crippen MR) is 93.6 cm³/mol. The van der Waals surface area contributed by atoms with Gasteiger partial charge in [0.2, 0.25) is 0 Å². The van der Waals surface area contributed by atoms with E-state index in [0.717, 1.165) is 5.56 Å². The van der Waals surface area contributed by atoms with E-state index in [4.69, 9.17) is 25.8 Å². The lowest BCUT2D eigenvalue weighted by Crippen LogP contribution is -2.26. The maximum atomic E-state index is 12.2. The summed E-state index contributed by atoms with van der Waals surface area (Å²) in [5.74, 6) is 1.67. The number of nitrogens with one attached hydrogen (secondary N) is 1. The molecule has 0 heterocycles. The van der Waals surface area contributed by atoms with Crippen molar-refractivity contribution in [2.24, 2.45) is 0 Å². The quantitative estimate of drug-likeness (QED) is 0.833. The van der Waals surface area contributed by atoms with E-state index in [1.165, 1.54) is 0 Å². The molecule has 5 nitrogen and oxygen atoms in total. The molecule has 0 atom stereocenters. The Kier molecular flexibility index (Phi) is 6.32. The molecule has 128 valence electrons. The molecule has 0 spiro atoms. The summed E-state index contributed by atoms with van der Waals surface area (Å²) in [6, 6.07) is 10.6. The topological polar surface area (TPSA) is 56.8 Å². The molecule has 2 aromatic carbocycles. The van der Waals surface area contributed by atoms with Crippen LogP contribution in [0.5, 0.6) is 17.2 Å². The van der Waals surface area contributed by atoms with Crippen molar-refractivity contribution in [1.29, 1.82) is 0 Å². The van der Waals surface area contributed by atoms with Gasteiger partial charge in [-0.3, -0.25) is 4.79 Å². The molecule has 0 unspecified atom stereocenters. The number of hydrogen-bond acceptors (Lipinski definition) is 4. The molecule has 6 heteroatoms. The molecule has 0 bridgehead atoms. The van der Waals surface area contributed by atoms with Crippen molar-refractivity contribution < 1.29 is 19.0 Å². The minimum absolute atomic E-state index is 0.213. The molecule has 1 N–H and O–H groups in total. The third-order valence-electron chi connectivity index (χ3n) is 3.56. The zero-order valence-electron chi connectivity index (χ0n) is 13.9. The summed E-state index contributed by atoms with van der Waals surface area (Å²) >= 11 is 6.03. The van der Waals surface area contributed by atoms with E-state index in [0.29, 0.717) is 40.8 Å². The van der Waals surface area contributed by atoms with Crippen molar-refractivity contribution in [3.05, 3.63) is 52.5 Å². The second-order valence-corrected chi connectivity index (χ2v) is 5.41. The minimum Gasteiger partial charge on any atom is -0.497 e. The SMILES string of the molecule is COc1cc(CCNC(=O)c2ccccc2Cl)c(OC)c(OC)c1.